The van der Waals surface area contributed by atoms with Crippen LogP contribution in [0, 0.1) is 17.0 Å². The van der Waals surface area contributed by atoms with Gasteiger partial charge in [-0.15, -0.1) is 0 Å². The lowest BCUT2D eigenvalue weighted by Crippen LogP contribution is -2.16. The first-order valence-corrected chi connectivity index (χ1v) is 5.95. The van der Waals surface area contributed by atoms with Crippen molar-refractivity contribution in [1.82, 2.24) is 4.98 Å². The zero-order chi connectivity index (χ0) is 14.0. The van der Waals surface area contributed by atoms with Crippen molar-refractivity contribution in [2.75, 3.05) is 11.9 Å². The van der Waals surface area contributed by atoms with Crippen LogP contribution in [0.2, 0.25) is 0 Å². The highest BCUT2D eigenvalue weighted by molar-refractivity contribution is 5.99. The van der Waals surface area contributed by atoms with E-state index in [1.165, 1.54) is 12.3 Å². The quantitative estimate of drug-likeness (QED) is 0.651. The Labute approximate surface area is 110 Å². The molecule has 6 heteroatoms. The SMILES string of the molecule is Cc1ccc([N+](=O)[O-])c2ccnc(NCC(C)O)c12. The number of non-ortho nitro benzene ring substituents is 1. The molecule has 2 rings (SSSR count). The number of pyridine rings is 1. The number of nitro groups is 1. The topological polar surface area (TPSA) is 88.3 Å². The Bertz CT molecular complexity index is 626. The van der Waals surface area contributed by atoms with E-state index in [0.717, 1.165) is 10.9 Å². The third-order valence-corrected chi connectivity index (χ3v) is 2.87. The van der Waals surface area contributed by atoms with E-state index in [4.69, 9.17) is 0 Å². The largest absolute Gasteiger partial charge is 0.392 e. The van der Waals surface area contributed by atoms with Crippen molar-refractivity contribution in [3.05, 3.63) is 40.1 Å². The van der Waals surface area contributed by atoms with Gasteiger partial charge < -0.3 is 10.4 Å². The summed E-state index contributed by atoms with van der Waals surface area (Å²) in [5, 5.41) is 24.6. The number of aliphatic hydroxyl groups excluding tert-OH is 1. The summed E-state index contributed by atoms with van der Waals surface area (Å²) >= 11 is 0. The van der Waals surface area contributed by atoms with Gasteiger partial charge in [0, 0.05) is 24.2 Å². The summed E-state index contributed by atoms with van der Waals surface area (Å²) < 4.78 is 0. The Kier molecular flexibility index (Phi) is 3.62. The minimum atomic E-state index is -0.518. The van der Waals surface area contributed by atoms with Crippen LogP contribution in [-0.4, -0.2) is 27.7 Å². The number of rotatable bonds is 4. The van der Waals surface area contributed by atoms with Gasteiger partial charge in [-0.2, -0.15) is 0 Å². The first kappa shape index (κ1) is 13.2. The van der Waals surface area contributed by atoms with E-state index in [1.54, 1.807) is 19.1 Å². The lowest BCUT2D eigenvalue weighted by molar-refractivity contribution is -0.383. The standard InChI is InChI=1S/C13H15N3O3/c1-8-3-4-11(16(18)19)10-5-6-14-13(12(8)10)15-7-9(2)17/h3-6,9,17H,7H2,1-2H3,(H,14,15). The van der Waals surface area contributed by atoms with Gasteiger partial charge >= 0.3 is 0 Å². The van der Waals surface area contributed by atoms with E-state index in [1.807, 2.05) is 6.92 Å². The number of nitrogens with zero attached hydrogens (tertiary/aromatic N) is 2. The van der Waals surface area contributed by atoms with Crippen molar-refractivity contribution in [1.29, 1.82) is 0 Å². The average molecular weight is 261 g/mol. The minimum Gasteiger partial charge on any atom is -0.392 e. The molecule has 0 spiro atoms. The van der Waals surface area contributed by atoms with Crippen LogP contribution in [0.5, 0.6) is 0 Å². The molecule has 6 nitrogen and oxygen atoms in total. The lowest BCUT2D eigenvalue weighted by atomic mass is 10.1. The monoisotopic (exact) mass is 261 g/mol. The van der Waals surface area contributed by atoms with Gasteiger partial charge in [0.2, 0.25) is 0 Å². The molecule has 1 heterocycles. The second kappa shape index (κ2) is 5.19. The number of aliphatic hydroxyl groups is 1. The fraction of sp³-hybridized carbons (Fsp3) is 0.308. The molecule has 0 fully saturated rings. The number of hydrogen-bond donors (Lipinski definition) is 2. The summed E-state index contributed by atoms with van der Waals surface area (Å²) in [4.78, 5) is 14.8. The zero-order valence-corrected chi connectivity index (χ0v) is 10.8. The molecule has 0 aliphatic heterocycles. The molecule has 0 aliphatic rings. The van der Waals surface area contributed by atoms with Crippen molar-refractivity contribution in [3.8, 4) is 0 Å². The van der Waals surface area contributed by atoms with Crippen LogP contribution >= 0.6 is 0 Å². The number of nitrogens with one attached hydrogen (secondary N) is 1. The molecule has 1 aromatic carbocycles. The average Bonchev–Trinajstić information content (AvgIpc) is 2.36. The van der Waals surface area contributed by atoms with Crippen LogP contribution < -0.4 is 5.32 Å². The van der Waals surface area contributed by atoms with Crippen LogP contribution in [0.4, 0.5) is 11.5 Å². The van der Waals surface area contributed by atoms with Gasteiger partial charge in [-0.3, -0.25) is 10.1 Å². The first-order valence-electron chi connectivity index (χ1n) is 5.95. The predicted molar refractivity (Wildman–Crippen MR) is 73.3 cm³/mol. The van der Waals surface area contributed by atoms with Crippen molar-refractivity contribution < 1.29 is 10.0 Å². The number of nitro benzene ring substituents is 1. The van der Waals surface area contributed by atoms with E-state index >= 15 is 0 Å². The van der Waals surface area contributed by atoms with Crippen molar-refractivity contribution in [3.63, 3.8) is 0 Å². The Hall–Kier alpha value is -2.21. The maximum atomic E-state index is 11.0. The molecule has 1 aromatic heterocycles. The highest BCUT2D eigenvalue weighted by Gasteiger charge is 2.16. The maximum Gasteiger partial charge on any atom is 0.277 e. The molecule has 100 valence electrons. The summed E-state index contributed by atoms with van der Waals surface area (Å²) in [6.45, 7) is 3.88. The molecular formula is C13H15N3O3. The molecule has 0 bridgehead atoms. The van der Waals surface area contributed by atoms with E-state index < -0.39 is 11.0 Å². The van der Waals surface area contributed by atoms with Crippen LogP contribution in [-0.2, 0) is 0 Å². The summed E-state index contributed by atoms with van der Waals surface area (Å²) in [6, 6.07) is 4.83. The van der Waals surface area contributed by atoms with Gasteiger partial charge in [-0.1, -0.05) is 6.07 Å². The highest BCUT2D eigenvalue weighted by Crippen LogP contribution is 2.31. The smallest absolute Gasteiger partial charge is 0.277 e. The van der Waals surface area contributed by atoms with Gasteiger partial charge in [-0.05, 0) is 25.5 Å². The second-order valence-corrected chi connectivity index (χ2v) is 4.47. The molecule has 0 aliphatic carbocycles. The fourth-order valence-corrected chi connectivity index (χ4v) is 1.99. The Morgan fingerprint density at radius 3 is 2.84 bits per heavy atom. The Morgan fingerprint density at radius 2 is 2.21 bits per heavy atom. The molecular weight excluding hydrogens is 246 g/mol. The molecule has 0 amide bonds. The Balaban J connectivity index is 2.60. The van der Waals surface area contributed by atoms with Crippen LogP contribution in [0.25, 0.3) is 10.8 Å². The summed E-state index contributed by atoms with van der Waals surface area (Å²) in [5.41, 5.74) is 0.963. The molecule has 1 unspecified atom stereocenters. The first-order chi connectivity index (χ1) is 9.00. The second-order valence-electron chi connectivity index (χ2n) is 4.47. The molecule has 0 radical (unpaired) electrons. The van der Waals surface area contributed by atoms with Gasteiger partial charge in [0.15, 0.2) is 0 Å². The number of benzene rings is 1. The van der Waals surface area contributed by atoms with Gasteiger partial charge in [0.1, 0.15) is 5.82 Å². The molecule has 1 atom stereocenters. The Morgan fingerprint density at radius 1 is 1.47 bits per heavy atom. The molecule has 0 saturated carbocycles. The van der Waals surface area contributed by atoms with E-state index in [0.29, 0.717) is 17.7 Å². The van der Waals surface area contributed by atoms with E-state index in [-0.39, 0.29) is 5.69 Å². The number of anilines is 1. The van der Waals surface area contributed by atoms with E-state index in [9.17, 15) is 15.2 Å². The molecule has 19 heavy (non-hydrogen) atoms. The third-order valence-electron chi connectivity index (χ3n) is 2.87. The van der Waals surface area contributed by atoms with E-state index in [2.05, 4.69) is 10.3 Å². The maximum absolute atomic E-state index is 11.0. The van der Waals surface area contributed by atoms with Gasteiger partial charge in [0.25, 0.3) is 5.69 Å². The number of hydrogen-bond acceptors (Lipinski definition) is 5. The predicted octanol–water partition coefficient (Wildman–Crippen LogP) is 2.24. The van der Waals surface area contributed by atoms with Crippen molar-refractivity contribution in [2.45, 2.75) is 20.0 Å². The number of aromatic nitrogens is 1. The summed E-state index contributed by atoms with van der Waals surface area (Å²) in [5.74, 6) is 0.555. The lowest BCUT2D eigenvalue weighted by Gasteiger charge is -2.12. The summed E-state index contributed by atoms with van der Waals surface area (Å²) in [7, 11) is 0. The van der Waals surface area contributed by atoms with Crippen LogP contribution in [0.1, 0.15) is 12.5 Å². The van der Waals surface area contributed by atoms with Gasteiger partial charge in [0.05, 0.1) is 16.4 Å². The number of fused-ring (bicyclic) bond motifs is 1. The van der Waals surface area contributed by atoms with Crippen molar-refractivity contribution >= 4 is 22.3 Å². The van der Waals surface area contributed by atoms with Crippen molar-refractivity contribution in [2.24, 2.45) is 0 Å². The van der Waals surface area contributed by atoms with Gasteiger partial charge in [-0.25, -0.2) is 4.98 Å². The molecule has 2 aromatic rings. The normalized spacial score (nSPS) is 12.4. The minimum absolute atomic E-state index is 0.0584. The highest BCUT2D eigenvalue weighted by atomic mass is 16.6. The summed E-state index contributed by atoms with van der Waals surface area (Å²) in [6.07, 6.45) is 1.01. The number of aryl methyl sites for hydroxylation is 1. The van der Waals surface area contributed by atoms with Crippen LogP contribution in [0.3, 0.4) is 0 Å². The third kappa shape index (κ3) is 2.63. The molecule has 0 saturated heterocycles. The fourth-order valence-electron chi connectivity index (χ4n) is 1.99. The zero-order valence-electron chi connectivity index (χ0n) is 10.8. The molecule has 2 N–H and O–H groups in total. The van der Waals surface area contributed by atoms with Crippen LogP contribution in [0.15, 0.2) is 24.4 Å².